The van der Waals surface area contributed by atoms with E-state index in [4.69, 9.17) is 0 Å². The number of aromatic nitrogens is 4. The molecule has 0 spiro atoms. The molecule has 4 nitrogen and oxygen atoms in total. The molecule has 424 valence electrons. The first-order chi connectivity index (χ1) is 37.4. The van der Waals surface area contributed by atoms with Crippen molar-refractivity contribution in [2.75, 3.05) is 0 Å². The molecule has 8 heteroatoms. The minimum atomic E-state index is 0. The Bertz CT molecular complexity index is 3270. The van der Waals surface area contributed by atoms with Gasteiger partial charge >= 0.3 is 0 Å². The molecule has 11 rings (SSSR count). The van der Waals surface area contributed by atoms with Gasteiger partial charge in [-0.3, -0.25) is 40.9 Å². The molecule has 0 atom stereocenters. The summed E-state index contributed by atoms with van der Waals surface area (Å²) in [6, 6.07) is 53.0. The smallest absolute Gasteiger partial charge is 0.269 e. The molecule has 0 aliphatic rings. The van der Waals surface area contributed by atoms with Gasteiger partial charge in [0.05, 0.1) is 44.8 Å². The van der Waals surface area contributed by atoms with Crippen molar-refractivity contribution in [3.8, 4) is 22.7 Å². The van der Waals surface area contributed by atoms with Gasteiger partial charge in [0.1, 0.15) is 0 Å². The van der Waals surface area contributed by atoms with Gasteiger partial charge in [-0.2, -0.15) is 35.0 Å². The predicted octanol–water partition coefficient (Wildman–Crippen LogP) is 20.1. The number of rotatable bonds is 12. The topological polar surface area (TPSA) is 17.6 Å². The first-order valence-electron chi connectivity index (χ1n) is 28.5. The predicted molar refractivity (Wildman–Crippen MR) is 335 cm³/mol. The average Bonchev–Trinajstić information content (AvgIpc) is 4.25. The molecule has 11 aromatic rings. The maximum atomic E-state index is 3.84. The summed E-state index contributed by atoms with van der Waals surface area (Å²) in [5, 5.41) is 8.87. The van der Waals surface area contributed by atoms with Crippen LogP contribution in [0.1, 0.15) is 203 Å². The Balaban J connectivity index is 0.000000187. The quantitative estimate of drug-likeness (QED) is 0.0659. The minimum absolute atomic E-state index is 0. The molecule has 7 aromatic carbocycles. The molecule has 4 heterocycles. The molecule has 0 unspecified atom stereocenters. The van der Waals surface area contributed by atoms with Crippen LogP contribution in [0.2, 0.25) is 0 Å². The Hall–Kier alpha value is -5.12. The van der Waals surface area contributed by atoms with Crippen molar-refractivity contribution in [3.05, 3.63) is 214 Å². The zero-order valence-corrected chi connectivity index (χ0v) is 55.6. The van der Waals surface area contributed by atoms with E-state index in [1.54, 1.807) is 22.7 Å². The molecular weight excluding hydrogens is 1380 g/mol. The molecule has 0 fully saturated rings. The fourth-order valence-electron chi connectivity index (χ4n) is 11.2. The van der Waals surface area contributed by atoms with Gasteiger partial charge in [0, 0.05) is 44.8 Å². The molecule has 0 saturated carbocycles. The van der Waals surface area contributed by atoms with Gasteiger partial charge in [-0.25, -0.2) is 0 Å². The summed E-state index contributed by atoms with van der Waals surface area (Å²) in [7, 11) is 0. The van der Waals surface area contributed by atoms with Crippen molar-refractivity contribution in [1.29, 1.82) is 0 Å². The van der Waals surface area contributed by atoms with E-state index < -0.39 is 0 Å². The van der Waals surface area contributed by atoms with E-state index in [0.29, 0.717) is 47.3 Å². The first-order valence-corrected chi connectivity index (χ1v) is 30.1. The van der Waals surface area contributed by atoms with Crippen molar-refractivity contribution in [1.82, 2.24) is 9.13 Å². The van der Waals surface area contributed by atoms with Gasteiger partial charge in [-0.1, -0.05) is 232 Å². The summed E-state index contributed by atoms with van der Waals surface area (Å²) in [6.45, 7) is 36.6. The Morgan fingerprint density at radius 3 is 0.875 bits per heavy atom. The van der Waals surface area contributed by atoms with E-state index in [2.05, 4.69) is 286 Å². The second-order valence-corrected chi connectivity index (χ2v) is 25.3. The minimum Gasteiger partial charge on any atom is -0.297 e. The van der Waals surface area contributed by atoms with Crippen molar-refractivity contribution < 1.29 is 53.9 Å². The number of imidazole rings is 2. The van der Waals surface area contributed by atoms with E-state index >= 15 is 0 Å². The van der Waals surface area contributed by atoms with Crippen LogP contribution in [0.3, 0.4) is 0 Å². The van der Waals surface area contributed by atoms with Gasteiger partial charge in [0.25, 0.3) is 12.7 Å². The summed E-state index contributed by atoms with van der Waals surface area (Å²) in [5.41, 5.74) is 20.9. The van der Waals surface area contributed by atoms with Gasteiger partial charge in [-0.15, -0.1) is 20.2 Å². The van der Waals surface area contributed by atoms with E-state index in [9.17, 15) is 0 Å². The Morgan fingerprint density at radius 1 is 0.338 bits per heavy atom. The van der Waals surface area contributed by atoms with E-state index in [-0.39, 0.29) is 44.8 Å². The number of hydrogen-bond acceptors (Lipinski definition) is 2. The van der Waals surface area contributed by atoms with Crippen LogP contribution in [-0.2, 0) is 44.8 Å². The van der Waals surface area contributed by atoms with Gasteiger partial charge in [0.15, 0.2) is 0 Å². The fourth-order valence-corrected chi connectivity index (χ4v) is 12.6. The van der Waals surface area contributed by atoms with Crippen LogP contribution >= 0.6 is 22.7 Å². The third-order valence-electron chi connectivity index (χ3n) is 15.3. The van der Waals surface area contributed by atoms with E-state index in [1.807, 2.05) is 12.1 Å². The zero-order chi connectivity index (χ0) is 55.7. The number of thiophene rings is 2. The summed E-state index contributed by atoms with van der Waals surface area (Å²) >= 11 is 3.34. The normalized spacial score (nSPS) is 11.7. The largest absolute Gasteiger partial charge is 0.297 e. The van der Waals surface area contributed by atoms with Gasteiger partial charge < -0.3 is 0 Å². The van der Waals surface area contributed by atoms with Crippen molar-refractivity contribution in [3.63, 3.8) is 0 Å². The van der Waals surface area contributed by atoms with E-state index in [1.165, 1.54) is 109 Å². The number of benzene rings is 7. The number of nitrogens with zero attached hydrogens (tertiary/aromatic N) is 4. The summed E-state index contributed by atoms with van der Waals surface area (Å²) in [6.07, 6.45) is 7.67. The van der Waals surface area contributed by atoms with Gasteiger partial charge in [-0.05, 0) is 91.9 Å². The van der Waals surface area contributed by atoms with Crippen LogP contribution in [0.25, 0.3) is 65.0 Å². The third kappa shape index (κ3) is 12.6. The molecular formula is C72H80Au2N4S2-2. The SMILES string of the molecule is CC(C)c1cccc(C(C)C)c1-n1[c-][n+](-c2c(C(C)C)cccc2C(C)C)c2ccccc21.CC(C)c1cccc(C(C)C)c1-n1[c-][n+](-c2c(C(C)C)cccc2C(C)C)c2ccccc21.[Au].[Au].[c-]1cc2cc3s[c-]cc3cc2s1. The van der Waals surface area contributed by atoms with Crippen molar-refractivity contribution in [2.45, 2.75) is 158 Å². The molecule has 0 saturated heterocycles. The number of hydrogen-bond donors (Lipinski definition) is 0. The van der Waals surface area contributed by atoms with Crippen molar-refractivity contribution >= 4 is 64.9 Å². The molecule has 4 aromatic heterocycles. The van der Waals surface area contributed by atoms with E-state index in [0.717, 1.165) is 0 Å². The van der Waals surface area contributed by atoms with Crippen LogP contribution in [-0.4, -0.2) is 9.13 Å². The molecule has 0 amide bonds. The summed E-state index contributed by atoms with van der Waals surface area (Å²) in [4.78, 5) is 0. The number of para-hydroxylation sites is 8. The standard InChI is InChI=1S/2C31H38N2.C10H4S2.2Au/c2*1-20(2)24-13-11-14-25(21(3)4)30(24)32-19-33(29-18-10-9-17-28(29)32)31-26(22(5)6)15-12-16-27(31)23(7)8;1-3-11-9-6-8-2-4-12-10(8)5-7(1)9;;/h2*9-18,20-23H,1-8H3;1-2,5-6H;;/q;;-2;;. The monoisotopic (exact) mass is 1460 g/mol. The molecule has 0 bridgehead atoms. The maximum Gasteiger partial charge on any atom is 0.269 e. The summed E-state index contributed by atoms with van der Waals surface area (Å²) in [5.74, 6) is 3.41. The number of fused-ring (bicyclic) bond motifs is 4. The third-order valence-corrected chi connectivity index (χ3v) is 16.9. The molecule has 0 aliphatic carbocycles. The average molecular weight is 1460 g/mol. The van der Waals surface area contributed by atoms with Gasteiger partial charge in [0.2, 0.25) is 0 Å². The van der Waals surface area contributed by atoms with Crippen LogP contribution in [0.15, 0.2) is 146 Å². The second-order valence-electron chi connectivity index (χ2n) is 23.6. The van der Waals surface area contributed by atoms with Crippen LogP contribution < -0.4 is 9.13 Å². The van der Waals surface area contributed by atoms with Crippen molar-refractivity contribution in [2.24, 2.45) is 0 Å². The first kappa shape index (κ1) is 62.5. The maximum absolute atomic E-state index is 3.84. The Labute approximate surface area is 518 Å². The van der Waals surface area contributed by atoms with Crippen LogP contribution in [0.5, 0.6) is 0 Å². The summed E-state index contributed by atoms with van der Waals surface area (Å²) < 4.78 is 11.9. The fraction of sp³-hybridized carbons (Fsp3) is 0.333. The Morgan fingerprint density at radius 2 is 0.600 bits per heavy atom. The molecule has 0 aliphatic heterocycles. The molecule has 2 radical (unpaired) electrons. The van der Waals surface area contributed by atoms with Crippen LogP contribution in [0.4, 0.5) is 0 Å². The van der Waals surface area contributed by atoms with Crippen LogP contribution in [0, 0.1) is 23.4 Å². The second kappa shape index (κ2) is 26.9. The Kier molecular flexibility index (Phi) is 21.0. The zero-order valence-electron chi connectivity index (χ0n) is 49.7. The molecule has 0 N–H and O–H groups in total. The molecule has 80 heavy (non-hydrogen) atoms.